The van der Waals surface area contributed by atoms with E-state index in [9.17, 15) is 9.18 Å². The Morgan fingerprint density at radius 1 is 1.58 bits per heavy atom. The van der Waals surface area contributed by atoms with Crippen LogP contribution in [0.25, 0.3) is 0 Å². The van der Waals surface area contributed by atoms with Crippen molar-refractivity contribution in [2.75, 3.05) is 18.4 Å². The number of rotatable bonds is 3. The van der Waals surface area contributed by atoms with E-state index in [2.05, 4.69) is 10.3 Å². The number of aromatic nitrogens is 1. The molecule has 1 aromatic rings. The monoisotopic (exact) mass is 265 g/mol. The van der Waals surface area contributed by atoms with Crippen LogP contribution in [0.4, 0.5) is 10.2 Å². The molecule has 5 heteroatoms. The fraction of sp³-hybridized carbons (Fsp3) is 0.571. The van der Waals surface area contributed by atoms with E-state index in [4.69, 9.17) is 0 Å². The summed E-state index contributed by atoms with van der Waals surface area (Å²) in [4.78, 5) is 18.1. The first kappa shape index (κ1) is 13.8. The number of piperidine rings is 1. The Morgan fingerprint density at radius 2 is 2.37 bits per heavy atom. The van der Waals surface area contributed by atoms with Crippen molar-refractivity contribution < 1.29 is 9.18 Å². The van der Waals surface area contributed by atoms with Gasteiger partial charge in [-0.15, -0.1) is 0 Å². The van der Waals surface area contributed by atoms with Crippen LogP contribution in [-0.2, 0) is 0 Å². The fourth-order valence-electron chi connectivity index (χ4n) is 2.45. The highest BCUT2D eigenvalue weighted by Crippen LogP contribution is 2.22. The largest absolute Gasteiger partial charge is 0.368 e. The molecule has 4 nitrogen and oxygen atoms in total. The number of amides is 1. The zero-order valence-electron chi connectivity index (χ0n) is 11.4. The fourth-order valence-corrected chi connectivity index (χ4v) is 2.45. The summed E-state index contributed by atoms with van der Waals surface area (Å²) in [5.41, 5.74) is 0.111. The zero-order valence-corrected chi connectivity index (χ0v) is 11.4. The molecule has 19 heavy (non-hydrogen) atoms. The van der Waals surface area contributed by atoms with Crippen molar-refractivity contribution in [3.8, 4) is 0 Å². The summed E-state index contributed by atoms with van der Waals surface area (Å²) in [6, 6.07) is 1.64. The van der Waals surface area contributed by atoms with Gasteiger partial charge < -0.3 is 10.2 Å². The highest BCUT2D eigenvalue weighted by Gasteiger charge is 2.27. The number of pyridine rings is 1. The number of nitrogens with zero attached hydrogens (tertiary/aromatic N) is 2. The molecule has 2 heterocycles. The van der Waals surface area contributed by atoms with Crippen LogP contribution in [0.5, 0.6) is 0 Å². The lowest BCUT2D eigenvalue weighted by molar-refractivity contribution is 0.0631. The van der Waals surface area contributed by atoms with Crippen LogP contribution < -0.4 is 5.32 Å². The summed E-state index contributed by atoms with van der Waals surface area (Å²) >= 11 is 0. The number of likely N-dealkylation sites (tertiary alicyclic amines) is 1. The van der Waals surface area contributed by atoms with Gasteiger partial charge in [-0.2, -0.15) is 0 Å². The zero-order chi connectivity index (χ0) is 13.8. The molecule has 0 spiro atoms. The predicted molar refractivity (Wildman–Crippen MR) is 72.7 cm³/mol. The number of anilines is 1. The lowest BCUT2D eigenvalue weighted by Gasteiger charge is -2.33. The van der Waals surface area contributed by atoms with Gasteiger partial charge in [0.2, 0.25) is 0 Å². The SMILES string of the molecule is CCNc1nccc(C(=O)N2CCCCC2C)c1F. The summed E-state index contributed by atoms with van der Waals surface area (Å²) in [5.74, 6) is -0.628. The minimum Gasteiger partial charge on any atom is -0.368 e. The highest BCUT2D eigenvalue weighted by atomic mass is 19.1. The van der Waals surface area contributed by atoms with Crippen molar-refractivity contribution >= 4 is 11.7 Å². The van der Waals surface area contributed by atoms with Gasteiger partial charge in [-0.3, -0.25) is 4.79 Å². The number of carbonyl (C=O) groups excluding carboxylic acids is 1. The van der Waals surface area contributed by atoms with E-state index in [0.29, 0.717) is 13.1 Å². The van der Waals surface area contributed by atoms with Gasteiger partial charge in [0.05, 0.1) is 5.56 Å². The minimum atomic E-state index is -0.549. The van der Waals surface area contributed by atoms with Crippen LogP contribution in [-0.4, -0.2) is 34.9 Å². The normalized spacial score (nSPS) is 19.3. The van der Waals surface area contributed by atoms with Gasteiger partial charge in [0.1, 0.15) is 0 Å². The van der Waals surface area contributed by atoms with E-state index in [-0.39, 0.29) is 23.3 Å². The number of halogens is 1. The van der Waals surface area contributed by atoms with E-state index < -0.39 is 5.82 Å². The number of carbonyl (C=O) groups is 1. The third-order valence-electron chi connectivity index (χ3n) is 3.53. The smallest absolute Gasteiger partial charge is 0.257 e. The molecule has 0 saturated carbocycles. The molecule has 104 valence electrons. The molecule has 1 aliphatic heterocycles. The summed E-state index contributed by atoms with van der Waals surface area (Å²) in [6.07, 6.45) is 4.58. The Bertz CT molecular complexity index is 464. The Kier molecular flexibility index (Phi) is 4.35. The van der Waals surface area contributed by atoms with Crippen molar-refractivity contribution in [2.45, 2.75) is 39.2 Å². The van der Waals surface area contributed by atoms with Crippen LogP contribution in [0.2, 0.25) is 0 Å². The predicted octanol–water partition coefficient (Wildman–Crippen LogP) is 2.67. The average molecular weight is 265 g/mol. The van der Waals surface area contributed by atoms with Gasteiger partial charge in [0.15, 0.2) is 11.6 Å². The molecule has 0 bridgehead atoms. The van der Waals surface area contributed by atoms with Crippen molar-refractivity contribution in [1.29, 1.82) is 0 Å². The molecule has 1 aliphatic rings. The van der Waals surface area contributed by atoms with Crippen LogP contribution in [0, 0.1) is 5.82 Å². The molecule has 0 radical (unpaired) electrons. The molecule has 0 aromatic carbocycles. The molecule has 1 saturated heterocycles. The van der Waals surface area contributed by atoms with Crippen LogP contribution in [0.15, 0.2) is 12.3 Å². The standard InChI is InChI=1S/C14H20FN3O/c1-3-16-13-12(15)11(7-8-17-13)14(19)18-9-5-4-6-10(18)2/h7-8,10H,3-6,9H2,1-2H3,(H,16,17). The molecule has 2 rings (SSSR count). The molecule has 1 aromatic heterocycles. The maximum atomic E-state index is 14.2. The van der Waals surface area contributed by atoms with Gasteiger partial charge in [-0.1, -0.05) is 0 Å². The van der Waals surface area contributed by atoms with E-state index in [1.807, 2.05) is 13.8 Å². The lowest BCUT2D eigenvalue weighted by atomic mass is 10.0. The average Bonchev–Trinajstić information content (AvgIpc) is 2.41. The Labute approximate surface area is 113 Å². The van der Waals surface area contributed by atoms with Gasteiger partial charge in [0.25, 0.3) is 5.91 Å². The first-order chi connectivity index (χ1) is 9.15. The second-order valence-electron chi connectivity index (χ2n) is 4.89. The first-order valence-corrected chi connectivity index (χ1v) is 6.84. The van der Waals surface area contributed by atoms with E-state index in [1.54, 1.807) is 4.90 Å². The van der Waals surface area contributed by atoms with Crippen LogP contribution in [0.1, 0.15) is 43.5 Å². The number of nitrogens with one attached hydrogen (secondary N) is 1. The third-order valence-corrected chi connectivity index (χ3v) is 3.53. The quantitative estimate of drug-likeness (QED) is 0.914. The minimum absolute atomic E-state index is 0.111. The Balaban J connectivity index is 2.25. The number of hydrogen-bond acceptors (Lipinski definition) is 3. The second-order valence-corrected chi connectivity index (χ2v) is 4.89. The molecule has 1 fully saturated rings. The summed E-state index contributed by atoms with van der Waals surface area (Å²) in [7, 11) is 0. The van der Waals surface area contributed by atoms with Crippen LogP contribution >= 0.6 is 0 Å². The van der Waals surface area contributed by atoms with E-state index in [1.165, 1.54) is 12.3 Å². The van der Waals surface area contributed by atoms with Gasteiger partial charge >= 0.3 is 0 Å². The van der Waals surface area contributed by atoms with E-state index >= 15 is 0 Å². The van der Waals surface area contributed by atoms with Crippen molar-refractivity contribution in [3.05, 3.63) is 23.6 Å². The molecule has 1 N–H and O–H groups in total. The summed E-state index contributed by atoms with van der Waals surface area (Å²) < 4.78 is 14.2. The molecular weight excluding hydrogens is 245 g/mol. The van der Waals surface area contributed by atoms with Crippen molar-refractivity contribution in [3.63, 3.8) is 0 Å². The maximum absolute atomic E-state index is 14.2. The van der Waals surface area contributed by atoms with Gasteiger partial charge in [0, 0.05) is 25.3 Å². The molecule has 1 unspecified atom stereocenters. The Morgan fingerprint density at radius 3 is 3.05 bits per heavy atom. The van der Waals surface area contributed by atoms with Crippen molar-refractivity contribution in [1.82, 2.24) is 9.88 Å². The Hall–Kier alpha value is -1.65. The maximum Gasteiger partial charge on any atom is 0.257 e. The third kappa shape index (κ3) is 2.85. The lowest BCUT2D eigenvalue weighted by Crippen LogP contribution is -2.42. The second kappa shape index (κ2) is 5.99. The number of hydrogen-bond donors (Lipinski definition) is 1. The molecule has 0 aliphatic carbocycles. The highest BCUT2D eigenvalue weighted by molar-refractivity contribution is 5.95. The topological polar surface area (TPSA) is 45.2 Å². The van der Waals surface area contributed by atoms with Gasteiger partial charge in [-0.05, 0) is 39.2 Å². The molecular formula is C14H20FN3O. The van der Waals surface area contributed by atoms with Gasteiger partial charge in [-0.25, -0.2) is 9.37 Å². The molecule has 1 amide bonds. The summed E-state index contributed by atoms with van der Waals surface area (Å²) in [5, 5.41) is 2.83. The first-order valence-electron chi connectivity index (χ1n) is 6.84. The van der Waals surface area contributed by atoms with Crippen LogP contribution in [0.3, 0.4) is 0 Å². The summed E-state index contributed by atoms with van der Waals surface area (Å²) in [6.45, 7) is 5.16. The molecule has 1 atom stereocenters. The van der Waals surface area contributed by atoms with Crippen molar-refractivity contribution in [2.24, 2.45) is 0 Å². The van der Waals surface area contributed by atoms with E-state index in [0.717, 1.165) is 19.3 Å².